The molecule has 1 aliphatic heterocycles. The Morgan fingerprint density at radius 2 is 2.33 bits per heavy atom. The molecular weight excluding hydrogens is 345 g/mol. The second-order valence-electron chi connectivity index (χ2n) is 4.50. The van der Waals surface area contributed by atoms with Gasteiger partial charge in [0.05, 0.1) is 18.8 Å². The van der Waals surface area contributed by atoms with E-state index in [9.17, 15) is 9.18 Å². The van der Waals surface area contributed by atoms with Gasteiger partial charge in [-0.3, -0.25) is 4.79 Å². The Bertz CT molecular complexity index is 650. The van der Waals surface area contributed by atoms with Crippen molar-refractivity contribution in [2.75, 3.05) is 19.8 Å². The molecule has 6 nitrogen and oxygen atoms in total. The van der Waals surface area contributed by atoms with Crippen molar-refractivity contribution in [2.24, 2.45) is 0 Å². The lowest BCUT2D eigenvalue weighted by molar-refractivity contribution is -0.00600. The molecule has 1 aromatic carbocycles. The maximum atomic E-state index is 14.0. The van der Waals surface area contributed by atoms with Crippen LogP contribution in [0.5, 0.6) is 0 Å². The van der Waals surface area contributed by atoms with E-state index in [1.165, 1.54) is 23.4 Å². The van der Waals surface area contributed by atoms with E-state index >= 15 is 0 Å². The number of aromatic nitrogens is 2. The van der Waals surface area contributed by atoms with Gasteiger partial charge in [-0.1, -0.05) is 21.1 Å². The molecule has 1 aliphatic rings. The average molecular weight is 356 g/mol. The minimum atomic E-state index is -0.576. The summed E-state index contributed by atoms with van der Waals surface area (Å²) in [7, 11) is 0. The van der Waals surface area contributed by atoms with Crippen LogP contribution in [0.2, 0.25) is 0 Å². The molecule has 0 radical (unpaired) electrons. The lowest BCUT2D eigenvalue weighted by Crippen LogP contribution is -2.44. The topological polar surface area (TPSA) is 68.5 Å². The van der Waals surface area contributed by atoms with Crippen molar-refractivity contribution >= 4 is 21.8 Å². The number of ether oxygens (including phenoxy) is 1. The van der Waals surface area contributed by atoms with Crippen LogP contribution in [0.15, 0.2) is 33.6 Å². The van der Waals surface area contributed by atoms with E-state index < -0.39 is 17.8 Å². The van der Waals surface area contributed by atoms with Crippen molar-refractivity contribution in [3.05, 3.63) is 46.3 Å². The number of benzene rings is 1. The normalized spacial score (nSPS) is 18.8. The smallest absolute Gasteiger partial charge is 0.257 e. The van der Waals surface area contributed by atoms with E-state index in [0.29, 0.717) is 23.4 Å². The molecule has 1 saturated heterocycles. The Kier molecular flexibility index (Phi) is 3.98. The van der Waals surface area contributed by atoms with E-state index in [4.69, 9.17) is 9.26 Å². The molecule has 0 N–H and O–H groups in total. The summed E-state index contributed by atoms with van der Waals surface area (Å²) >= 11 is 3.17. The van der Waals surface area contributed by atoms with Gasteiger partial charge in [-0.25, -0.2) is 4.39 Å². The SMILES string of the molecule is O=C(c1ccc(Br)cc1F)N1CCOC[C@H]1c1ncon1. The number of hydrogen-bond donors (Lipinski definition) is 0. The molecule has 21 heavy (non-hydrogen) atoms. The molecule has 2 aromatic rings. The van der Waals surface area contributed by atoms with E-state index in [-0.39, 0.29) is 12.2 Å². The van der Waals surface area contributed by atoms with Crippen LogP contribution in [0, 0.1) is 5.82 Å². The summed E-state index contributed by atoms with van der Waals surface area (Å²) in [6, 6.07) is 3.86. The number of rotatable bonds is 2. The van der Waals surface area contributed by atoms with Gasteiger partial charge < -0.3 is 14.2 Å². The van der Waals surface area contributed by atoms with Crippen molar-refractivity contribution in [1.29, 1.82) is 0 Å². The second-order valence-corrected chi connectivity index (χ2v) is 5.42. The molecule has 0 unspecified atom stereocenters. The van der Waals surface area contributed by atoms with Crippen molar-refractivity contribution in [3.8, 4) is 0 Å². The quantitative estimate of drug-likeness (QED) is 0.825. The fourth-order valence-electron chi connectivity index (χ4n) is 2.20. The van der Waals surface area contributed by atoms with Crippen molar-refractivity contribution in [3.63, 3.8) is 0 Å². The van der Waals surface area contributed by atoms with Gasteiger partial charge in [-0.05, 0) is 18.2 Å². The summed E-state index contributed by atoms with van der Waals surface area (Å²) in [6.45, 7) is 0.981. The number of halogens is 2. The zero-order valence-corrected chi connectivity index (χ0v) is 12.4. The Hall–Kier alpha value is -1.80. The first kappa shape index (κ1) is 14.2. The summed E-state index contributed by atoms with van der Waals surface area (Å²) in [4.78, 5) is 18.0. The highest BCUT2D eigenvalue weighted by Gasteiger charge is 2.33. The zero-order valence-electron chi connectivity index (χ0n) is 10.8. The number of morpholine rings is 1. The van der Waals surface area contributed by atoms with Crippen LogP contribution in [-0.2, 0) is 4.74 Å². The molecule has 1 aromatic heterocycles. The monoisotopic (exact) mass is 355 g/mol. The molecular formula is C13H11BrFN3O3. The molecule has 2 heterocycles. The van der Waals surface area contributed by atoms with Gasteiger partial charge in [-0.2, -0.15) is 4.98 Å². The molecule has 0 saturated carbocycles. The van der Waals surface area contributed by atoms with Crippen LogP contribution in [0.3, 0.4) is 0 Å². The zero-order chi connectivity index (χ0) is 14.8. The predicted octanol–water partition coefficient (Wildman–Crippen LogP) is 2.18. The minimum Gasteiger partial charge on any atom is -0.377 e. The van der Waals surface area contributed by atoms with E-state index in [0.717, 1.165) is 0 Å². The lowest BCUT2D eigenvalue weighted by Gasteiger charge is -2.33. The first-order chi connectivity index (χ1) is 10.2. The highest BCUT2D eigenvalue weighted by Crippen LogP contribution is 2.25. The first-order valence-corrected chi connectivity index (χ1v) is 7.06. The molecule has 1 amide bonds. The summed E-state index contributed by atoms with van der Waals surface area (Å²) in [6.07, 6.45) is 1.19. The molecule has 1 fully saturated rings. The van der Waals surface area contributed by atoms with Gasteiger partial charge >= 0.3 is 0 Å². The van der Waals surface area contributed by atoms with Crippen LogP contribution < -0.4 is 0 Å². The van der Waals surface area contributed by atoms with Gasteiger partial charge in [0.15, 0.2) is 5.82 Å². The van der Waals surface area contributed by atoms with E-state index in [1.807, 2.05) is 0 Å². The summed E-state index contributed by atoms with van der Waals surface area (Å²) < 4.78 is 24.6. The Morgan fingerprint density at radius 1 is 1.48 bits per heavy atom. The highest BCUT2D eigenvalue weighted by atomic mass is 79.9. The molecule has 0 spiro atoms. The maximum Gasteiger partial charge on any atom is 0.257 e. The standard InChI is InChI=1S/C13H11BrFN3O3/c14-8-1-2-9(10(15)5-8)13(19)18-3-4-20-6-11(18)12-16-7-21-17-12/h1-2,5,7,11H,3-4,6H2/t11-/m0/s1. The molecule has 1 atom stereocenters. The van der Waals surface area contributed by atoms with Gasteiger partial charge in [0.2, 0.25) is 6.39 Å². The fraction of sp³-hybridized carbons (Fsp3) is 0.308. The van der Waals surface area contributed by atoms with Gasteiger partial charge in [0.25, 0.3) is 5.91 Å². The van der Waals surface area contributed by atoms with Gasteiger partial charge in [-0.15, -0.1) is 0 Å². The maximum absolute atomic E-state index is 14.0. The second kappa shape index (κ2) is 5.90. The third-order valence-electron chi connectivity index (χ3n) is 3.23. The fourth-order valence-corrected chi connectivity index (χ4v) is 2.54. The van der Waals surface area contributed by atoms with E-state index in [1.54, 1.807) is 6.07 Å². The molecule has 0 aliphatic carbocycles. The number of amides is 1. The number of hydrogen-bond acceptors (Lipinski definition) is 5. The Labute approximate surface area is 128 Å². The van der Waals surface area contributed by atoms with Crippen LogP contribution >= 0.6 is 15.9 Å². The highest BCUT2D eigenvalue weighted by molar-refractivity contribution is 9.10. The third kappa shape index (κ3) is 2.81. The van der Waals surface area contributed by atoms with Crippen molar-refractivity contribution in [2.45, 2.75) is 6.04 Å². The number of carbonyl (C=O) groups is 1. The molecule has 3 rings (SSSR count). The van der Waals surface area contributed by atoms with Crippen LogP contribution in [0.4, 0.5) is 4.39 Å². The summed E-state index contributed by atoms with van der Waals surface area (Å²) in [5, 5.41) is 3.74. The lowest BCUT2D eigenvalue weighted by atomic mass is 10.1. The van der Waals surface area contributed by atoms with Crippen molar-refractivity contribution in [1.82, 2.24) is 15.0 Å². The predicted molar refractivity (Wildman–Crippen MR) is 73.0 cm³/mol. The molecule has 8 heteroatoms. The number of carbonyl (C=O) groups excluding carboxylic acids is 1. The Balaban J connectivity index is 1.91. The summed E-state index contributed by atoms with van der Waals surface area (Å²) in [5.41, 5.74) is 0.00796. The van der Waals surface area contributed by atoms with Gasteiger partial charge in [0, 0.05) is 11.0 Å². The largest absolute Gasteiger partial charge is 0.377 e. The van der Waals surface area contributed by atoms with E-state index in [2.05, 4.69) is 26.1 Å². The van der Waals surface area contributed by atoms with Crippen LogP contribution in [0.25, 0.3) is 0 Å². The van der Waals surface area contributed by atoms with Gasteiger partial charge in [0.1, 0.15) is 11.9 Å². The summed E-state index contributed by atoms with van der Waals surface area (Å²) in [5.74, 6) is -0.647. The van der Waals surface area contributed by atoms with Crippen LogP contribution in [0.1, 0.15) is 22.2 Å². The third-order valence-corrected chi connectivity index (χ3v) is 3.72. The first-order valence-electron chi connectivity index (χ1n) is 6.27. The van der Waals surface area contributed by atoms with Crippen LogP contribution in [-0.4, -0.2) is 40.7 Å². The molecule has 0 bridgehead atoms. The number of nitrogens with zero attached hydrogens (tertiary/aromatic N) is 3. The molecule has 110 valence electrons. The van der Waals surface area contributed by atoms with Crippen molar-refractivity contribution < 1.29 is 18.4 Å². The Morgan fingerprint density at radius 3 is 3.05 bits per heavy atom. The average Bonchev–Trinajstić information content (AvgIpc) is 3.01. The minimum absolute atomic E-state index is 0.00796.